The molecule has 1 aliphatic heterocycles. The van der Waals surface area contributed by atoms with Crippen molar-refractivity contribution < 1.29 is 0 Å². The minimum absolute atomic E-state index is 0. The van der Waals surface area contributed by atoms with E-state index in [9.17, 15) is 0 Å². The molecule has 0 atom stereocenters. The Morgan fingerprint density at radius 2 is 1.61 bits per heavy atom. The van der Waals surface area contributed by atoms with Gasteiger partial charge in [0.1, 0.15) is 0 Å². The van der Waals surface area contributed by atoms with Gasteiger partial charge in [-0.1, -0.05) is 39.0 Å². The summed E-state index contributed by atoms with van der Waals surface area (Å²) in [5.41, 5.74) is 0. The monoisotopic (exact) mass is 507 g/mol. The second-order valence-corrected chi connectivity index (χ2v) is 8.32. The standard InChI is InChI=1S/C22H45N5.HI/c1-3-23-22(25-15-10-13-21-11-6-5-7-12-21)24-14-8-9-16-27-19-17-26(4-2)18-20-27;/h21H,3-20H2,1-2H3,(H2,23,24,25);1H. The summed E-state index contributed by atoms with van der Waals surface area (Å²) in [4.78, 5) is 9.95. The molecular weight excluding hydrogens is 461 g/mol. The molecule has 0 aromatic rings. The van der Waals surface area contributed by atoms with Gasteiger partial charge in [-0.2, -0.15) is 0 Å². The third-order valence-corrected chi connectivity index (χ3v) is 6.22. The van der Waals surface area contributed by atoms with Gasteiger partial charge in [0.05, 0.1) is 0 Å². The highest BCUT2D eigenvalue weighted by Crippen LogP contribution is 2.27. The Kier molecular flexibility index (Phi) is 15.5. The number of nitrogens with one attached hydrogen (secondary N) is 2. The lowest BCUT2D eigenvalue weighted by molar-refractivity contribution is 0.136. The third kappa shape index (κ3) is 11.2. The molecule has 1 heterocycles. The zero-order valence-electron chi connectivity index (χ0n) is 18.6. The van der Waals surface area contributed by atoms with Crippen LogP contribution >= 0.6 is 24.0 Å². The number of guanidine groups is 1. The molecule has 0 spiro atoms. The Bertz CT molecular complexity index is 390. The van der Waals surface area contributed by atoms with Crippen molar-refractivity contribution in [3.05, 3.63) is 0 Å². The fourth-order valence-electron chi connectivity index (χ4n) is 4.38. The molecule has 2 fully saturated rings. The van der Waals surface area contributed by atoms with E-state index in [0.717, 1.165) is 31.5 Å². The average molecular weight is 508 g/mol. The number of unbranched alkanes of at least 4 members (excludes halogenated alkanes) is 1. The maximum Gasteiger partial charge on any atom is 0.191 e. The molecule has 6 heteroatoms. The van der Waals surface area contributed by atoms with Crippen LogP contribution in [0, 0.1) is 5.92 Å². The van der Waals surface area contributed by atoms with Crippen LogP contribution in [0.1, 0.15) is 71.6 Å². The van der Waals surface area contributed by atoms with E-state index in [1.54, 1.807) is 0 Å². The van der Waals surface area contributed by atoms with Gasteiger partial charge in [-0.3, -0.25) is 4.99 Å². The summed E-state index contributed by atoms with van der Waals surface area (Å²) in [7, 11) is 0. The van der Waals surface area contributed by atoms with E-state index >= 15 is 0 Å². The second-order valence-electron chi connectivity index (χ2n) is 8.32. The summed E-state index contributed by atoms with van der Waals surface area (Å²) in [6.45, 7) is 14.8. The fourth-order valence-corrected chi connectivity index (χ4v) is 4.38. The smallest absolute Gasteiger partial charge is 0.191 e. The van der Waals surface area contributed by atoms with Gasteiger partial charge in [-0.15, -0.1) is 24.0 Å². The van der Waals surface area contributed by atoms with E-state index in [-0.39, 0.29) is 24.0 Å². The molecule has 2 aliphatic rings. The molecule has 1 saturated carbocycles. The zero-order valence-corrected chi connectivity index (χ0v) is 20.9. The Balaban J connectivity index is 0.00000392. The molecule has 0 bridgehead atoms. The maximum atomic E-state index is 4.78. The summed E-state index contributed by atoms with van der Waals surface area (Å²) in [6.07, 6.45) is 12.4. The SMILES string of the molecule is CCNC(=NCCCC1CCCCC1)NCCCCN1CCN(CC)CC1.I. The summed E-state index contributed by atoms with van der Waals surface area (Å²) >= 11 is 0. The predicted octanol–water partition coefficient (Wildman–Crippen LogP) is 3.94. The lowest BCUT2D eigenvalue weighted by Crippen LogP contribution is -2.46. The van der Waals surface area contributed by atoms with Crippen LogP contribution in [0.4, 0.5) is 0 Å². The van der Waals surface area contributed by atoms with Crippen LogP contribution in [0.15, 0.2) is 4.99 Å². The van der Waals surface area contributed by atoms with Crippen molar-refractivity contribution in [2.24, 2.45) is 10.9 Å². The summed E-state index contributed by atoms with van der Waals surface area (Å²) in [6, 6.07) is 0. The maximum absolute atomic E-state index is 4.78. The largest absolute Gasteiger partial charge is 0.357 e. The minimum atomic E-state index is 0. The molecule has 0 radical (unpaired) electrons. The fraction of sp³-hybridized carbons (Fsp3) is 0.955. The van der Waals surface area contributed by atoms with Gasteiger partial charge in [-0.25, -0.2) is 0 Å². The van der Waals surface area contributed by atoms with Gasteiger partial charge in [0.25, 0.3) is 0 Å². The van der Waals surface area contributed by atoms with E-state index in [4.69, 9.17) is 4.99 Å². The molecule has 5 nitrogen and oxygen atoms in total. The number of hydrogen-bond acceptors (Lipinski definition) is 3. The Morgan fingerprint density at radius 1 is 0.893 bits per heavy atom. The quantitative estimate of drug-likeness (QED) is 0.193. The first-order valence-electron chi connectivity index (χ1n) is 11.8. The average Bonchev–Trinajstić information content (AvgIpc) is 2.72. The normalized spacial score (nSPS) is 20.0. The first kappa shape index (κ1) is 26.0. The molecule has 0 amide bonds. The number of likely N-dealkylation sites (N-methyl/N-ethyl adjacent to an activating group) is 1. The van der Waals surface area contributed by atoms with E-state index in [1.165, 1.54) is 97.1 Å². The molecule has 28 heavy (non-hydrogen) atoms. The molecule has 166 valence electrons. The van der Waals surface area contributed by atoms with Crippen LogP contribution in [0.5, 0.6) is 0 Å². The van der Waals surface area contributed by atoms with Crippen LogP contribution in [0.2, 0.25) is 0 Å². The minimum Gasteiger partial charge on any atom is -0.357 e. The Labute approximate surface area is 191 Å². The number of rotatable bonds is 11. The molecule has 0 aromatic heterocycles. The third-order valence-electron chi connectivity index (χ3n) is 6.22. The van der Waals surface area contributed by atoms with E-state index in [0.29, 0.717) is 0 Å². The van der Waals surface area contributed by atoms with Crippen molar-refractivity contribution in [1.82, 2.24) is 20.4 Å². The second kappa shape index (κ2) is 16.7. The van der Waals surface area contributed by atoms with Crippen LogP contribution in [0.3, 0.4) is 0 Å². The van der Waals surface area contributed by atoms with Crippen LogP contribution in [-0.2, 0) is 0 Å². The van der Waals surface area contributed by atoms with E-state index in [1.807, 2.05) is 0 Å². The van der Waals surface area contributed by atoms with Crippen molar-refractivity contribution in [3.63, 3.8) is 0 Å². The van der Waals surface area contributed by atoms with Gasteiger partial charge < -0.3 is 20.4 Å². The van der Waals surface area contributed by atoms with E-state index in [2.05, 4.69) is 34.3 Å². The van der Waals surface area contributed by atoms with Gasteiger partial charge in [-0.05, 0) is 51.6 Å². The van der Waals surface area contributed by atoms with Crippen LogP contribution < -0.4 is 10.6 Å². The highest BCUT2D eigenvalue weighted by Gasteiger charge is 2.14. The van der Waals surface area contributed by atoms with E-state index < -0.39 is 0 Å². The zero-order chi connectivity index (χ0) is 19.2. The van der Waals surface area contributed by atoms with Gasteiger partial charge >= 0.3 is 0 Å². The number of halogens is 1. The molecular formula is C22H46IN5. The first-order valence-corrected chi connectivity index (χ1v) is 11.8. The topological polar surface area (TPSA) is 42.9 Å². The Morgan fingerprint density at radius 3 is 2.29 bits per heavy atom. The molecule has 2 rings (SSSR count). The summed E-state index contributed by atoms with van der Waals surface area (Å²) < 4.78 is 0. The molecule has 0 aromatic carbocycles. The van der Waals surface area contributed by atoms with Crippen molar-refractivity contribution in [3.8, 4) is 0 Å². The number of hydrogen-bond donors (Lipinski definition) is 2. The predicted molar refractivity (Wildman–Crippen MR) is 133 cm³/mol. The van der Waals surface area contributed by atoms with Crippen molar-refractivity contribution in [2.45, 2.75) is 71.6 Å². The summed E-state index contributed by atoms with van der Waals surface area (Å²) in [5.74, 6) is 1.99. The van der Waals surface area contributed by atoms with Crippen LogP contribution in [-0.4, -0.2) is 74.7 Å². The number of nitrogens with zero attached hydrogens (tertiary/aromatic N) is 3. The van der Waals surface area contributed by atoms with Crippen molar-refractivity contribution in [2.75, 3.05) is 58.9 Å². The highest BCUT2D eigenvalue weighted by molar-refractivity contribution is 14.0. The lowest BCUT2D eigenvalue weighted by Gasteiger charge is -2.34. The Hall–Kier alpha value is -0.0800. The summed E-state index contributed by atoms with van der Waals surface area (Å²) in [5, 5.41) is 6.92. The van der Waals surface area contributed by atoms with Gasteiger partial charge in [0.15, 0.2) is 5.96 Å². The lowest BCUT2D eigenvalue weighted by atomic mass is 9.86. The van der Waals surface area contributed by atoms with Crippen LogP contribution in [0.25, 0.3) is 0 Å². The first-order chi connectivity index (χ1) is 13.3. The van der Waals surface area contributed by atoms with Gasteiger partial charge in [0.2, 0.25) is 0 Å². The molecule has 1 aliphatic carbocycles. The molecule has 0 unspecified atom stereocenters. The van der Waals surface area contributed by atoms with Gasteiger partial charge in [0, 0.05) is 45.8 Å². The highest BCUT2D eigenvalue weighted by atomic mass is 127. The molecule has 2 N–H and O–H groups in total. The molecule has 1 saturated heterocycles. The number of aliphatic imine (C=N–C) groups is 1. The number of piperazine rings is 1. The van der Waals surface area contributed by atoms with Crippen molar-refractivity contribution in [1.29, 1.82) is 0 Å². The van der Waals surface area contributed by atoms with Crippen molar-refractivity contribution >= 4 is 29.9 Å².